The Morgan fingerprint density at radius 3 is 1.92 bits per heavy atom. The summed E-state index contributed by atoms with van der Waals surface area (Å²) in [4.78, 5) is -0.0765. The van der Waals surface area contributed by atoms with Crippen molar-refractivity contribution in [3.8, 4) is 10.4 Å². The van der Waals surface area contributed by atoms with Gasteiger partial charge in [-0.1, -0.05) is 26.5 Å². The Kier molecular flexibility index (Phi) is 4.73. The first kappa shape index (κ1) is 19.1. The van der Waals surface area contributed by atoms with Gasteiger partial charge in [-0.05, 0) is 37.0 Å². The summed E-state index contributed by atoms with van der Waals surface area (Å²) in [6.45, 7) is 2.62. The van der Waals surface area contributed by atoms with E-state index in [0.717, 1.165) is 0 Å². The molecular formula is C13H8BrF7N2S. The summed E-state index contributed by atoms with van der Waals surface area (Å²) in [5.41, 5.74) is -7.50. The van der Waals surface area contributed by atoms with Crippen LogP contribution < -0.4 is 0 Å². The van der Waals surface area contributed by atoms with Crippen LogP contribution in [0.4, 0.5) is 30.7 Å². The summed E-state index contributed by atoms with van der Waals surface area (Å²) in [5, 5.41) is 3.57. The highest BCUT2D eigenvalue weighted by Crippen LogP contribution is 2.56. The van der Waals surface area contributed by atoms with Crippen molar-refractivity contribution < 1.29 is 30.7 Å². The van der Waals surface area contributed by atoms with Crippen LogP contribution in [-0.2, 0) is 5.67 Å². The molecular weight excluding hydrogens is 429 g/mol. The van der Waals surface area contributed by atoms with E-state index in [0.29, 0.717) is 17.6 Å². The number of benzene rings is 1. The Hall–Kier alpha value is -1.23. The first-order valence-corrected chi connectivity index (χ1v) is 7.79. The lowest BCUT2D eigenvalue weighted by Gasteiger charge is -2.32. The number of halogens is 8. The topological polar surface area (TPSA) is 25.8 Å². The number of alkyl halides is 7. The highest BCUT2D eigenvalue weighted by Gasteiger charge is 2.74. The van der Waals surface area contributed by atoms with Crippen molar-refractivity contribution in [2.24, 2.45) is 0 Å². The van der Waals surface area contributed by atoms with E-state index in [1.807, 2.05) is 0 Å². The average Bonchev–Trinajstić information content (AvgIpc) is 2.80. The van der Waals surface area contributed by atoms with Crippen LogP contribution in [0, 0.1) is 13.8 Å². The smallest absolute Gasteiger partial charge is 0.218 e. The lowest BCUT2D eigenvalue weighted by atomic mass is 9.87. The molecule has 0 amide bonds. The lowest BCUT2D eigenvalue weighted by Crippen LogP contribution is -2.50. The molecule has 0 atom stereocenters. The maximum atomic E-state index is 14.6. The Morgan fingerprint density at radius 1 is 0.958 bits per heavy atom. The zero-order valence-corrected chi connectivity index (χ0v) is 14.4. The minimum atomic E-state index is -6.20. The number of hydrogen-bond acceptors (Lipinski definition) is 3. The maximum Gasteiger partial charge on any atom is 0.435 e. The highest BCUT2D eigenvalue weighted by atomic mass is 79.9. The molecule has 0 fully saturated rings. The summed E-state index contributed by atoms with van der Waals surface area (Å²) < 4.78 is 96.8. The lowest BCUT2D eigenvalue weighted by molar-refractivity contribution is -0.348. The average molecular weight is 437 g/mol. The van der Waals surface area contributed by atoms with E-state index in [2.05, 4.69) is 25.5 Å². The van der Waals surface area contributed by atoms with Crippen molar-refractivity contribution >= 4 is 27.5 Å². The molecule has 132 valence electrons. The predicted molar refractivity (Wildman–Crippen MR) is 77.4 cm³/mol. The minimum absolute atomic E-state index is 0.0336. The number of aryl methyl sites for hydroxylation is 2. The van der Waals surface area contributed by atoms with E-state index in [4.69, 9.17) is 0 Å². The number of rotatable bonds is 2. The molecule has 0 bridgehead atoms. The van der Waals surface area contributed by atoms with Crippen molar-refractivity contribution in [2.45, 2.75) is 31.9 Å². The summed E-state index contributed by atoms with van der Waals surface area (Å²) in [6, 6.07) is 1.84. The molecule has 0 radical (unpaired) electrons. The minimum Gasteiger partial charge on any atom is -0.218 e. The van der Waals surface area contributed by atoms with Gasteiger partial charge in [0.25, 0.3) is 0 Å². The molecule has 1 aromatic heterocycles. The van der Waals surface area contributed by atoms with Crippen molar-refractivity contribution in [3.63, 3.8) is 0 Å². The van der Waals surface area contributed by atoms with Gasteiger partial charge in [0.1, 0.15) is 0 Å². The van der Waals surface area contributed by atoms with Gasteiger partial charge in [0, 0.05) is 15.6 Å². The van der Waals surface area contributed by atoms with Crippen LogP contribution in [0.2, 0.25) is 0 Å². The molecule has 0 aliphatic rings. The normalized spacial score (nSPS) is 13.4. The van der Waals surface area contributed by atoms with Gasteiger partial charge in [-0.3, -0.25) is 0 Å². The zero-order valence-electron chi connectivity index (χ0n) is 12.0. The van der Waals surface area contributed by atoms with Crippen LogP contribution in [-0.4, -0.2) is 21.9 Å². The molecule has 11 heteroatoms. The molecule has 0 aliphatic heterocycles. The van der Waals surface area contributed by atoms with E-state index in [1.54, 1.807) is 0 Å². The molecule has 2 nitrogen and oxygen atoms in total. The summed E-state index contributed by atoms with van der Waals surface area (Å²) >= 11 is 3.51. The zero-order chi connectivity index (χ0) is 18.5. The monoisotopic (exact) mass is 436 g/mol. The molecule has 0 spiro atoms. The number of aromatic nitrogens is 2. The van der Waals surface area contributed by atoms with E-state index >= 15 is 0 Å². The Balaban J connectivity index is 2.95. The Morgan fingerprint density at radius 2 is 1.50 bits per heavy atom. The third-order valence-corrected chi connectivity index (χ3v) is 4.74. The second-order valence-electron chi connectivity index (χ2n) is 5.01. The molecule has 24 heavy (non-hydrogen) atoms. The van der Waals surface area contributed by atoms with Gasteiger partial charge in [0.05, 0.1) is 10.6 Å². The van der Waals surface area contributed by atoms with Gasteiger partial charge in [-0.15, -0.1) is 5.10 Å². The summed E-state index contributed by atoms with van der Waals surface area (Å²) in [7, 11) is 0. The van der Waals surface area contributed by atoms with E-state index < -0.39 is 29.1 Å². The molecule has 0 N–H and O–H groups in total. The van der Waals surface area contributed by atoms with Gasteiger partial charge in [0.2, 0.25) is 0 Å². The van der Waals surface area contributed by atoms with Crippen LogP contribution in [0.5, 0.6) is 0 Å². The van der Waals surface area contributed by atoms with Gasteiger partial charge < -0.3 is 0 Å². The molecule has 0 aliphatic carbocycles. The summed E-state index contributed by atoms with van der Waals surface area (Å²) in [6.07, 6.45) is -12.4. The van der Waals surface area contributed by atoms with Gasteiger partial charge in [-0.25, -0.2) is 4.39 Å². The Labute approximate surface area is 144 Å². The third kappa shape index (κ3) is 2.92. The van der Waals surface area contributed by atoms with Crippen LogP contribution in [0.15, 0.2) is 16.6 Å². The van der Waals surface area contributed by atoms with Crippen LogP contribution >= 0.6 is 27.5 Å². The quantitative estimate of drug-likeness (QED) is 0.549. The van der Waals surface area contributed by atoms with E-state index in [9.17, 15) is 30.7 Å². The number of nitrogens with zero attached hydrogens (tertiary/aromatic N) is 2. The molecule has 0 saturated carbocycles. The first-order chi connectivity index (χ1) is 10.8. The Bertz CT molecular complexity index is 753. The number of hydrogen-bond donors (Lipinski definition) is 0. The molecule has 0 saturated heterocycles. The fourth-order valence-corrected chi connectivity index (χ4v) is 3.80. The van der Waals surface area contributed by atoms with Gasteiger partial charge in [0.15, 0.2) is 0 Å². The fraction of sp³-hybridized carbons (Fsp3) is 0.385. The maximum absolute atomic E-state index is 14.6. The van der Waals surface area contributed by atoms with Crippen molar-refractivity contribution in [3.05, 3.63) is 33.4 Å². The third-order valence-electron chi connectivity index (χ3n) is 3.27. The largest absolute Gasteiger partial charge is 0.435 e. The molecule has 1 heterocycles. The van der Waals surface area contributed by atoms with Crippen molar-refractivity contribution in [2.75, 3.05) is 0 Å². The molecule has 1 aromatic carbocycles. The second kappa shape index (κ2) is 5.94. The standard InChI is InChI=1S/C13H8BrF7N2S/c1-5-3-7(11(15,12(16,17)18)13(19,20)21)9(8(14)4-5)10-6(2)22-23-24-10/h3-4H,1-2H3. The molecule has 2 aromatic rings. The van der Waals surface area contributed by atoms with Crippen molar-refractivity contribution in [1.29, 1.82) is 0 Å². The SMILES string of the molecule is Cc1cc(Br)c(-c2snnc2C)c(C(F)(C(F)(F)F)C(F)(F)F)c1. The van der Waals surface area contributed by atoms with Gasteiger partial charge >= 0.3 is 18.0 Å². The molecule has 2 rings (SSSR count). The summed E-state index contributed by atoms with van der Waals surface area (Å²) in [5.74, 6) is 0. The molecule has 0 unspecified atom stereocenters. The van der Waals surface area contributed by atoms with Crippen LogP contribution in [0.25, 0.3) is 10.4 Å². The van der Waals surface area contributed by atoms with Crippen molar-refractivity contribution in [1.82, 2.24) is 9.59 Å². The van der Waals surface area contributed by atoms with Gasteiger partial charge in [-0.2, -0.15) is 26.3 Å². The predicted octanol–water partition coefficient (Wildman–Crippen LogP) is 5.87. The van der Waals surface area contributed by atoms with Crippen LogP contribution in [0.1, 0.15) is 16.8 Å². The fourth-order valence-electron chi connectivity index (χ4n) is 2.17. The first-order valence-electron chi connectivity index (χ1n) is 6.23. The highest BCUT2D eigenvalue weighted by molar-refractivity contribution is 9.10. The van der Waals surface area contributed by atoms with Crippen LogP contribution in [0.3, 0.4) is 0 Å². The van der Waals surface area contributed by atoms with E-state index in [1.165, 1.54) is 19.9 Å². The van der Waals surface area contributed by atoms with E-state index in [-0.39, 0.29) is 20.6 Å². The second-order valence-corrected chi connectivity index (χ2v) is 6.62.